The highest BCUT2D eigenvalue weighted by atomic mass is 19.1. The van der Waals surface area contributed by atoms with Gasteiger partial charge in [-0.25, -0.2) is 4.39 Å². The molecule has 12 nitrogen and oxygen atoms in total. The number of phenols is 1. The smallest absolute Gasteiger partial charge is 0.255 e. The van der Waals surface area contributed by atoms with E-state index in [4.69, 9.17) is 4.74 Å². The van der Waals surface area contributed by atoms with E-state index >= 15 is 0 Å². The zero-order valence-corrected chi connectivity index (χ0v) is 30.9. The Morgan fingerprint density at radius 2 is 1.64 bits per heavy atom. The molecule has 3 aromatic carbocycles. The molecular weight excluding hydrogens is 681 g/mol. The van der Waals surface area contributed by atoms with Gasteiger partial charge in [0.05, 0.1) is 18.2 Å². The summed E-state index contributed by atoms with van der Waals surface area (Å²) in [6.07, 6.45) is 0.265. The SMILES string of the molecule is CC(C)C[C@H]1COc2ccccc2C(=O)N[C@H](C(=O)NCC(C)(C)c2ccc(F)cc2)CCC(=O)N[C@@H](Cc2ccc(O)cc2)C(=O)N(C)CC(=O)N1. The number of hydrogen-bond donors (Lipinski definition) is 5. The number of nitrogens with zero attached hydrogens (tertiary/aromatic N) is 1. The Hall–Kier alpha value is -5.46. The van der Waals surface area contributed by atoms with Crippen LogP contribution < -0.4 is 26.0 Å². The first-order chi connectivity index (χ1) is 25.1. The van der Waals surface area contributed by atoms with Gasteiger partial charge >= 0.3 is 0 Å². The monoisotopic (exact) mass is 731 g/mol. The molecule has 4 rings (SSSR count). The number of benzene rings is 3. The minimum Gasteiger partial charge on any atom is -0.508 e. The van der Waals surface area contributed by atoms with Gasteiger partial charge < -0.3 is 36.0 Å². The number of likely N-dealkylation sites (N-methyl/N-ethyl adjacent to an activating group) is 1. The molecule has 0 aromatic heterocycles. The Morgan fingerprint density at radius 1 is 0.962 bits per heavy atom. The van der Waals surface area contributed by atoms with Crippen LogP contribution in [-0.4, -0.2) is 84.4 Å². The number of amides is 5. The second kappa shape index (κ2) is 18.3. The Balaban J connectivity index is 1.64. The second-order valence-electron chi connectivity index (χ2n) is 14.6. The number of fused-ring (bicyclic) bond motifs is 1. The van der Waals surface area contributed by atoms with Crippen LogP contribution in [0.2, 0.25) is 0 Å². The van der Waals surface area contributed by atoms with Gasteiger partial charge in [-0.05, 0) is 66.3 Å². The molecular formula is C40H50FN5O7. The third kappa shape index (κ3) is 12.0. The van der Waals surface area contributed by atoms with Crippen molar-refractivity contribution in [2.45, 2.75) is 76.9 Å². The molecule has 1 aliphatic heterocycles. The first kappa shape index (κ1) is 40.3. The average molecular weight is 732 g/mol. The van der Waals surface area contributed by atoms with Crippen LogP contribution in [0.4, 0.5) is 4.39 Å². The van der Waals surface area contributed by atoms with Crippen LogP contribution in [-0.2, 0) is 31.0 Å². The summed E-state index contributed by atoms with van der Waals surface area (Å²) in [6.45, 7) is 7.67. The topological polar surface area (TPSA) is 166 Å². The highest BCUT2D eigenvalue weighted by molar-refractivity contribution is 6.00. The molecule has 53 heavy (non-hydrogen) atoms. The maximum atomic E-state index is 13.8. The molecule has 0 unspecified atom stereocenters. The number of aromatic hydroxyl groups is 1. The molecule has 0 saturated heterocycles. The number of halogens is 1. The van der Waals surface area contributed by atoms with Gasteiger partial charge in [-0.15, -0.1) is 0 Å². The highest BCUT2D eigenvalue weighted by Gasteiger charge is 2.30. The van der Waals surface area contributed by atoms with Crippen molar-refractivity contribution in [1.82, 2.24) is 26.2 Å². The summed E-state index contributed by atoms with van der Waals surface area (Å²) in [4.78, 5) is 69.2. The van der Waals surface area contributed by atoms with Crippen molar-refractivity contribution in [3.63, 3.8) is 0 Å². The lowest BCUT2D eigenvalue weighted by Gasteiger charge is -2.28. The second-order valence-corrected chi connectivity index (χ2v) is 14.6. The summed E-state index contributed by atoms with van der Waals surface area (Å²) in [5, 5.41) is 21.1. The lowest BCUT2D eigenvalue weighted by molar-refractivity contribution is -0.138. The van der Waals surface area contributed by atoms with Gasteiger partial charge in [-0.2, -0.15) is 0 Å². The summed E-state index contributed by atoms with van der Waals surface area (Å²) in [6, 6.07) is 16.0. The Kier molecular flexibility index (Phi) is 14.0. The van der Waals surface area contributed by atoms with Crippen molar-refractivity contribution in [1.29, 1.82) is 0 Å². The van der Waals surface area contributed by atoms with Gasteiger partial charge in [0.1, 0.15) is 36.0 Å². The fourth-order valence-electron chi connectivity index (χ4n) is 6.09. The largest absolute Gasteiger partial charge is 0.508 e. The molecule has 1 aliphatic rings. The normalized spacial score (nSPS) is 19.5. The number of para-hydroxylation sites is 1. The standard InChI is InChI=1S/C40H50FN5O7/c1-25(2)20-29-23-53-34-9-7-6-8-31(34)37(50)45-32(38(51)42-24-40(3,4)27-12-14-28(41)15-13-27)18-19-35(48)44-33(21-26-10-16-30(47)17-11-26)39(52)46(5)22-36(49)43-29/h6-17,25,29,32-33,47H,18-24H2,1-5H3,(H,42,51)(H,43,49)(H,44,48)(H,45,50)/t29-,32-,33-/m0/s1. The molecule has 0 spiro atoms. The molecule has 284 valence electrons. The van der Waals surface area contributed by atoms with E-state index in [1.165, 1.54) is 36.2 Å². The van der Waals surface area contributed by atoms with Gasteiger partial charge in [-0.1, -0.05) is 64.1 Å². The molecule has 1 heterocycles. The van der Waals surface area contributed by atoms with Gasteiger partial charge in [0, 0.05) is 31.8 Å². The molecule has 0 bridgehead atoms. The molecule has 0 radical (unpaired) electrons. The van der Waals surface area contributed by atoms with Crippen LogP contribution >= 0.6 is 0 Å². The van der Waals surface area contributed by atoms with E-state index in [9.17, 15) is 33.5 Å². The summed E-state index contributed by atoms with van der Waals surface area (Å²) in [5.74, 6) is -2.55. The number of carbonyl (C=O) groups excluding carboxylic acids is 5. The number of carbonyl (C=O) groups is 5. The summed E-state index contributed by atoms with van der Waals surface area (Å²) in [5.41, 5.74) is 1.01. The third-order valence-corrected chi connectivity index (χ3v) is 9.07. The quantitative estimate of drug-likeness (QED) is 0.236. The molecule has 3 aromatic rings. The molecule has 5 N–H and O–H groups in total. The highest BCUT2D eigenvalue weighted by Crippen LogP contribution is 2.23. The van der Waals surface area contributed by atoms with Gasteiger partial charge in [0.15, 0.2) is 0 Å². The lowest BCUT2D eigenvalue weighted by atomic mass is 9.84. The molecule has 0 aliphatic carbocycles. The lowest BCUT2D eigenvalue weighted by Crippen LogP contribution is -2.52. The fraction of sp³-hybridized carbons (Fsp3) is 0.425. The first-order valence-corrected chi connectivity index (χ1v) is 17.8. The fourth-order valence-corrected chi connectivity index (χ4v) is 6.09. The predicted molar refractivity (Wildman–Crippen MR) is 198 cm³/mol. The van der Waals surface area contributed by atoms with Crippen LogP contribution in [0.1, 0.15) is 68.4 Å². The van der Waals surface area contributed by atoms with E-state index in [1.54, 1.807) is 48.5 Å². The van der Waals surface area contributed by atoms with Crippen molar-refractivity contribution in [2.24, 2.45) is 5.92 Å². The van der Waals surface area contributed by atoms with E-state index in [1.807, 2.05) is 27.7 Å². The minimum atomic E-state index is -1.16. The van der Waals surface area contributed by atoms with E-state index in [0.717, 1.165) is 5.56 Å². The minimum absolute atomic E-state index is 0.0355. The van der Waals surface area contributed by atoms with Crippen molar-refractivity contribution in [3.05, 3.63) is 95.3 Å². The summed E-state index contributed by atoms with van der Waals surface area (Å²) >= 11 is 0. The Labute approximate surface area is 309 Å². The number of phenolic OH excluding ortho intramolecular Hbond substituents is 1. The zero-order chi connectivity index (χ0) is 38.7. The Bertz CT molecular complexity index is 1750. The maximum absolute atomic E-state index is 13.8. The number of ether oxygens (including phenoxy) is 1. The van der Waals surface area contributed by atoms with Gasteiger partial charge in [0.25, 0.3) is 5.91 Å². The van der Waals surface area contributed by atoms with E-state index in [0.29, 0.717) is 12.0 Å². The van der Waals surface area contributed by atoms with E-state index in [2.05, 4.69) is 21.3 Å². The molecule has 0 fully saturated rings. The van der Waals surface area contributed by atoms with Gasteiger partial charge in [-0.3, -0.25) is 24.0 Å². The van der Waals surface area contributed by atoms with E-state index < -0.39 is 53.1 Å². The summed E-state index contributed by atoms with van der Waals surface area (Å²) < 4.78 is 19.7. The Morgan fingerprint density at radius 3 is 2.32 bits per heavy atom. The van der Waals surface area contributed by atoms with Crippen molar-refractivity contribution < 1.29 is 38.2 Å². The van der Waals surface area contributed by atoms with Crippen LogP contribution in [0, 0.1) is 11.7 Å². The van der Waals surface area contributed by atoms with Crippen molar-refractivity contribution in [3.8, 4) is 11.5 Å². The molecule has 0 saturated carbocycles. The number of nitrogens with one attached hydrogen (secondary N) is 4. The van der Waals surface area contributed by atoms with Crippen LogP contribution in [0.25, 0.3) is 0 Å². The first-order valence-electron chi connectivity index (χ1n) is 17.8. The number of rotatable bonds is 8. The predicted octanol–water partition coefficient (Wildman–Crippen LogP) is 3.61. The van der Waals surface area contributed by atoms with Crippen LogP contribution in [0.15, 0.2) is 72.8 Å². The van der Waals surface area contributed by atoms with Crippen molar-refractivity contribution >= 4 is 29.5 Å². The summed E-state index contributed by atoms with van der Waals surface area (Å²) in [7, 11) is 1.48. The molecule has 5 amide bonds. The van der Waals surface area contributed by atoms with Crippen LogP contribution in [0.5, 0.6) is 11.5 Å². The molecule has 3 atom stereocenters. The zero-order valence-electron chi connectivity index (χ0n) is 30.9. The van der Waals surface area contributed by atoms with E-state index in [-0.39, 0.29) is 67.8 Å². The maximum Gasteiger partial charge on any atom is 0.255 e. The average Bonchev–Trinajstić information content (AvgIpc) is 3.11. The van der Waals surface area contributed by atoms with Crippen LogP contribution in [0.3, 0.4) is 0 Å². The molecule has 13 heteroatoms. The number of hydrogen-bond acceptors (Lipinski definition) is 7. The van der Waals surface area contributed by atoms with Crippen molar-refractivity contribution in [2.75, 3.05) is 26.7 Å². The van der Waals surface area contributed by atoms with Gasteiger partial charge in [0.2, 0.25) is 23.6 Å². The third-order valence-electron chi connectivity index (χ3n) is 9.07.